The van der Waals surface area contributed by atoms with Crippen molar-refractivity contribution in [2.45, 2.75) is 4.90 Å². The number of likely N-dealkylation sites (N-methyl/N-ethyl adjacent to an activating group) is 1. The Labute approximate surface area is 136 Å². The van der Waals surface area contributed by atoms with Gasteiger partial charge >= 0.3 is 0 Å². The van der Waals surface area contributed by atoms with E-state index in [1.165, 1.54) is 0 Å². The van der Waals surface area contributed by atoms with Crippen LogP contribution in [-0.4, -0.2) is 40.5 Å². The van der Waals surface area contributed by atoms with Gasteiger partial charge in [0.15, 0.2) is 0 Å². The van der Waals surface area contributed by atoms with Gasteiger partial charge in [-0.15, -0.1) is 0 Å². The second-order valence-electron chi connectivity index (χ2n) is 3.93. The Morgan fingerprint density at radius 2 is 1.94 bits per heavy atom. The fraction of sp³-hybridized carbons (Fsp3) is 0.400. The number of nitrogens with one attached hydrogen (secondary N) is 1. The summed E-state index contributed by atoms with van der Waals surface area (Å²) in [6.45, 7) is 1.07. The molecule has 0 aliphatic heterocycles. The molecule has 0 unspecified atom stereocenters. The molecule has 0 spiro atoms. The second-order valence-corrected chi connectivity index (χ2v) is 9.47. The number of nitrogens with zero attached hydrogens (tertiary/aromatic N) is 2. The maximum Gasteiger partial charge on any atom is 0.240 e. The minimum Gasteiger partial charge on any atom is -0.308 e. The molecule has 1 rings (SSSR count). The third kappa shape index (κ3) is 5.15. The minimum atomic E-state index is -3.42. The molecule has 0 aromatic heterocycles. The quantitative estimate of drug-likeness (QED) is 0.485. The van der Waals surface area contributed by atoms with E-state index >= 15 is 0 Å². The van der Waals surface area contributed by atoms with Crippen LogP contribution in [0.3, 0.4) is 0 Å². The van der Waals surface area contributed by atoms with Gasteiger partial charge in [-0.2, -0.15) is 0 Å². The fourth-order valence-corrected chi connectivity index (χ4v) is 2.90. The van der Waals surface area contributed by atoms with Crippen LogP contribution in [0, 0.1) is 0 Å². The monoisotopic (exact) mass is 495 g/mol. The molecule has 0 aliphatic carbocycles. The van der Waals surface area contributed by atoms with Crippen LogP contribution in [0.5, 0.6) is 0 Å². The van der Waals surface area contributed by atoms with E-state index in [9.17, 15) is 8.42 Å². The van der Waals surface area contributed by atoms with Crippen molar-refractivity contribution in [2.75, 3.05) is 28.5 Å². The molecular formula is C10H15I2N3O2S. The molecule has 0 heterocycles. The first-order valence-electron chi connectivity index (χ1n) is 5.19. The van der Waals surface area contributed by atoms with Gasteiger partial charge < -0.3 is 4.90 Å². The molecule has 8 heteroatoms. The molecular weight excluding hydrogens is 480 g/mol. The van der Waals surface area contributed by atoms with E-state index in [1.807, 2.05) is 26.4 Å². The van der Waals surface area contributed by atoms with E-state index in [4.69, 9.17) is 0 Å². The minimum absolute atomic E-state index is 0.289. The van der Waals surface area contributed by atoms with Crippen molar-refractivity contribution in [3.8, 4) is 0 Å². The molecule has 0 atom stereocenters. The van der Waals surface area contributed by atoms with Gasteiger partial charge in [-0.3, -0.25) is 1.33 Å². The van der Waals surface area contributed by atoms with Crippen molar-refractivity contribution in [3.63, 3.8) is 0 Å². The lowest BCUT2D eigenvalue weighted by Gasteiger charge is -2.12. The highest BCUT2D eigenvalue weighted by atomic mass is 127. The average Bonchev–Trinajstić information content (AvgIpc) is 2.28. The van der Waals surface area contributed by atoms with Crippen LogP contribution >= 0.6 is 45.7 Å². The van der Waals surface area contributed by atoms with Crippen molar-refractivity contribution in [3.05, 3.63) is 24.3 Å². The van der Waals surface area contributed by atoms with Crippen molar-refractivity contribution >= 4 is 61.4 Å². The highest BCUT2D eigenvalue weighted by molar-refractivity contribution is 14.2. The SMILES string of the molecule is CN(C)CCNS(=O)(=O)c1cccc(N(I)I)c1. The van der Waals surface area contributed by atoms with Gasteiger partial charge in [-0.25, -0.2) is 13.1 Å². The van der Waals surface area contributed by atoms with Crippen LogP contribution < -0.4 is 6.05 Å². The van der Waals surface area contributed by atoms with Gasteiger partial charge in [0.1, 0.15) is 0 Å². The van der Waals surface area contributed by atoms with E-state index < -0.39 is 10.0 Å². The number of benzene rings is 1. The zero-order valence-corrected chi connectivity index (χ0v) is 15.2. The molecule has 0 fully saturated rings. The zero-order chi connectivity index (χ0) is 13.8. The molecule has 0 aliphatic rings. The molecule has 0 saturated carbocycles. The van der Waals surface area contributed by atoms with Gasteiger partial charge in [0.2, 0.25) is 10.0 Å². The molecule has 0 saturated heterocycles. The number of anilines is 1. The van der Waals surface area contributed by atoms with E-state index in [0.717, 1.165) is 5.69 Å². The third-order valence-corrected chi connectivity index (χ3v) is 4.75. The molecule has 1 N–H and O–H groups in total. The highest BCUT2D eigenvalue weighted by Crippen LogP contribution is 2.25. The summed E-state index contributed by atoms with van der Waals surface area (Å²) in [5.41, 5.74) is 0.840. The Kier molecular flexibility index (Phi) is 6.58. The topological polar surface area (TPSA) is 52.7 Å². The molecule has 18 heavy (non-hydrogen) atoms. The van der Waals surface area contributed by atoms with Crippen LogP contribution in [-0.2, 0) is 10.0 Å². The summed E-state index contributed by atoms with van der Waals surface area (Å²) in [4.78, 5) is 2.22. The Bertz CT molecular complexity index is 492. The molecule has 1 aromatic carbocycles. The number of hydrogen-bond acceptors (Lipinski definition) is 4. The van der Waals surface area contributed by atoms with E-state index in [0.29, 0.717) is 13.1 Å². The van der Waals surface area contributed by atoms with Crippen molar-refractivity contribution in [2.24, 2.45) is 0 Å². The smallest absolute Gasteiger partial charge is 0.240 e. The molecule has 0 amide bonds. The lowest BCUT2D eigenvalue weighted by molar-refractivity contribution is 0.412. The fourth-order valence-electron chi connectivity index (χ4n) is 1.24. The van der Waals surface area contributed by atoms with Crippen LogP contribution in [0.4, 0.5) is 5.69 Å². The third-order valence-electron chi connectivity index (χ3n) is 2.17. The lowest BCUT2D eigenvalue weighted by atomic mass is 10.3. The van der Waals surface area contributed by atoms with Crippen molar-refractivity contribution in [1.82, 2.24) is 9.62 Å². The van der Waals surface area contributed by atoms with Gasteiger partial charge in [0.25, 0.3) is 0 Å². The summed E-state index contributed by atoms with van der Waals surface area (Å²) in [6, 6.07) is 6.84. The Hall–Kier alpha value is 0.350. The number of rotatable bonds is 6. The molecule has 102 valence electrons. The lowest BCUT2D eigenvalue weighted by Crippen LogP contribution is -2.31. The van der Waals surface area contributed by atoms with Gasteiger partial charge in [-0.1, -0.05) is 6.07 Å². The first-order valence-corrected chi connectivity index (χ1v) is 8.60. The second kappa shape index (κ2) is 7.22. The Balaban J connectivity index is 2.81. The molecule has 1 aromatic rings. The summed E-state index contributed by atoms with van der Waals surface area (Å²) in [6.07, 6.45) is 0. The Morgan fingerprint density at radius 3 is 2.50 bits per heavy atom. The van der Waals surface area contributed by atoms with Gasteiger partial charge in [-0.05, 0) is 32.3 Å². The largest absolute Gasteiger partial charge is 0.308 e. The molecule has 0 bridgehead atoms. The summed E-state index contributed by atoms with van der Waals surface area (Å²) in [5, 5.41) is 0. The predicted molar refractivity (Wildman–Crippen MR) is 90.7 cm³/mol. The summed E-state index contributed by atoms with van der Waals surface area (Å²) >= 11 is 4.18. The summed E-state index contributed by atoms with van der Waals surface area (Å²) in [5.74, 6) is 0. The van der Waals surface area contributed by atoms with Gasteiger partial charge in [0.05, 0.1) is 56.3 Å². The van der Waals surface area contributed by atoms with Crippen LogP contribution in [0.25, 0.3) is 0 Å². The molecule has 5 nitrogen and oxygen atoms in total. The first-order chi connectivity index (χ1) is 8.33. The van der Waals surface area contributed by atoms with Crippen molar-refractivity contribution < 1.29 is 8.42 Å². The van der Waals surface area contributed by atoms with Crippen LogP contribution in [0.2, 0.25) is 0 Å². The highest BCUT2D eigenvalue weighted by Gasteiger charge is 2.14. The standard InChI is InChI=1S/C10H15I2N3O2S/c1-14(2)7-6-13-18(16,17)10-5-3-4-9(8-10)15(11)12/h3-5,8,13H,6-7H2,1-2H3. The van der Waals surface area contributed by atoms with Gasteiger partial charge in [0, 0.05) is 13.1 Å². The van der Waals surface area contributed by atoms with Crippen LogP contribution in [0.15, 0.2) is 29.2 Å². The zero-order valence-electron chi connectivity index (χ0n) is 10.1. The predicted octanol–water partition coefficient (Wildman–Crippen LogP) is 2.03. The number of halogens is 2. The van der Waals surface area contributed by atoms with E-state index in [1.54, 1.807) is 18.2 Å². The first kappa shape index (κ1) is 16.4. The molecule has 0 radical (unpaired) electrons. The normalized spacial score (nSPS) is 11.8. The maximum atomic E-state index is 12.0. The van der Waals surface area contributed by atoms with Crippen LogP contribution in [0.1, 0.15) is 0 Å². The van der Waals surface area contributed by atoms with E-state index in [-0.39, 0.29) is 4.90 Å². The van der Waals surface area contributed by atoms with Crippen molar-refractivity contribution in [1.29, 1.82) is 0 Å². The number of sulfonamides is 1. The summed E-state index contributed by atoms with van der Waals surface area (Å²) < 4.78 is 28.5. The summed E-state index contributed by atoms with van der Waals surface area (Å²) in [7, 11) is 0.382. The Morgan fingerprint density at radius 1 is 1.28 bits per heavy atom. The number of hydrogen-bond donors (Lipinski definition) is 1. The average molecular weight is 495 g/mol. The maximum absolute atomic E-state index is 12.0. The van der Waals surface area contributed by atoms with E-state index in [2.05, 4.69) is 50.5 Å².